The number of hydrogen-bond acceptors (Lipinski definition) is 5. The van der Waals surface area contributed by atoms with Gasteiger partial charge in [-0.25, -0.2) is 9.37 Å². The van der Waals surface area contributed by atoms with Gasteiger partial charge in [0, 0.05) is 23.7 Å². The van der Waals surface area contributed by atoms with E-state index in [4.69, 9.17) is 16.2 Å². The second kappa shape index (κ2) is 6.07. The third-order valence-corrected chi connectivity index (χ3v) is 5.53. The average Bonchev–Trinajstić information content (AvgIpc) is 3.10. The number of nitrogens with two attached hydrogens (primary N) is 2. The Hall–Kier alpha value is -2.45. The van der Waals surface area contributed by atoms with E-state index in [0.717, 1.165) is 44.4 Å². The summed E-state index contributed by atoms with van der Waals surface area (Å²) in [7, 11) is 0. The zero-order valence-corrected chi connectivity index (χ0v) is 14.6. The Morgan fingerprint density at radius 1 is 1.50 bits per heavy atom. The summed E-state index contributed by atoms with van der Waals surface area (Å²) in [5, 5.41) is 0. The first-order valence-electron chi connectivity index (χ1n) is 8.65. The van der Waals surface area contributed by atoms with Crippen molar-refractivity contribution in [3.63, 3.8) is 0 Å². The van der Waals surface area contributed by atoms with E-state index < -0.39 is 11.7 Å². The van der Waals surface area contributed by atoms with Gasteiger partial charge in [0.05, 0.1) is 30.3 Å². The molecular formula is C18H22FN5O2. The van der Waals surface area contributed by atoms with Crippen molar-refractivity contribution in [1.29, 1.82) is 0 Å². The number of fused-ring (bicyclic) bond motifs is 1. The molecule has 0 saturated carbocycles. The third kappa shape index (κ3) is 2.65. The third-order valence-electron chi connectivity index (χ3n) is 5.53. The van der Waals surface area contributed by atoms with Gasteiger partial charge >= 0.3 is 0 Å². The smallest absolute Gasteiger partial charge is 0.251 e. The van der Waals surface area contributed by atoms with Gasteiger partial charge in [-0.3, -0.25) is 9.69 Å². The van der Waals surface area contributed by atoms with Crippen molar-refractivity contribution in [2.45, 2.75) is 19.4 Å². The number of benzene rings is 1. The average molecular weight is 359 g/mol. The number of carbonyl (C=O) groups excluding carboxylic acids is 1. The predicted octanol–water partition coefficient (Wildman–Crippen LogP) is 1.21. The van der Waals surface area contributed by atoms with Crippen LogP contribution in [0.1, 0.15) is 29.5 Å². The summed E-state index contributed by atoms with van der Waals surface area (Å²) < 4.78 is 19.1. The molecule has 0 aliphatic carbocycles. The van der Waals surface area contributed by atoms with Crippen LogP contribution in [0.5, 0.6) is 0 Å². The van der Waals surface area contributed by atoms with Gasteiger partial charge in [-0.05, 0) is 25.1 Å². The second-order valence-electron chi connectivity index (χ2n) is 7.35. The molecule has 2 saturated heterocycles. The van der Waals surface area contributed by atoms with Crippen molar-refractivity contribution >= 4 is 22.5 Å². The van der Waals surface area contributed by atoms with E-state index in [1.165, 1.54) is 6.07 Å². The molecule has 0 radical (unpaired) electrons. The summed E-state index contributed by atoms with van der Waals surface area (Å²) in [6.45, 7) is 5.49. The first-order chi connectivity index (χ1) is 12.4. The van der Waals surface area contributed by atoms with Crippen molar-refractivity contribution < 1.29 is 13.9 Å². The molecule has 1 amide bonds. The first kappa shape index (κ1) is 17.0. The molecule has 1 aromatic heterocycles. The number of nitrogens with one attached hydrogen (secondary N) is 1. The Labute approximate surface area is 150 Å². The fourth-order valence-electron chi connectivity index (χ4n) is 3.93. The van der Waals surface area contributed by atoms with Crippen LogP contribution in [0.2, 0.25) is 0 Å². The molecule has 1 atom stereocenters. The number of ether oxygens (including phenoxy) is 1. The molecule has 26 heavy (non-hydrogen) atoms. The SMILES string of the molecule is CC1(C(=CN)c2nc3c(C(N)=O)cc(F)cc3[nH]2)CCN(C2COC2)C1. The lowest BCUT2D eigenvalue weighted by atomic mass is 9.81. The van der Waals surface area contributed by atoms with E-state index in [9.17, 15) is 9.18 Å². The number of likely N-dealkylation sites (tertiary alicyclic amines) is 1. The van der Waals surface area contributed by atoms with Crippen molar-refractivity contribution in [3.8, 4) is 0 Å². The fraction of sp³-hybridized carbons (Fsp3) is 0.444. The molecule has 2 aliphatic rings. The number of primary amides is 1. The number of imidazole rings is 1. The molecule has 3 heterocycles. The predicted molar refractivity (Wildman–Crippen MR) is 95.6 cm³/mol. The molecule has 2 aliphatic heterocycles. The second-order valence-corrected chi connectivity index (χ2v) is 7.35. The van der Waals surface area contributed by atoms with Crippen LogP contribution in [-0.4, -0.2) is 53.1 Å². The topological polar surface area (TPSA) is 110 Å². The molecule has 4 rings (SSSR count). The summed E-state index contributed by atoms with van der Waals surface area (Å²) in [6, 6.07) is 2.88. The van der Waals surface area contributed by atoms with Gasteiger partial charge in [-0.15, -0.1) is 0 Å². The Kier molecular flexibility index (Phi) is 3.96. The molecule has 138 valence electrons. The van der Waals surface area contributed by atoms with Gasteiger partial charge in [-0.2, -0.15) is 0 Å². The van der Waals surface area contributed by atoms with E-state index in [1.54, 1.807) is 6.20 Å². The fourth-order valence-corrected chi connectivity index (χ4v) is 3.93. The molecule has 5 N–H and O–H groups in total. The number of aromatic nitrogens is 2. The van der Waals surface area contributed by atoms with Crippen molar-refractivity contribution in [2.75, 3.05) is 26.3 Å². The van der Waals surface area contributed by atoms with Crippen LogP contribution < -0.4 is 11.5 Å². The lowest BCUT2D eigenvalue weighted by Gasteiger charge is -2.36. The minimum atomic E-state index is -0.714. The molecule has 1 unspecified atom stereocenters. The number of rotatable bonds is 4. The number of halogens is 1. The monoisotopic (exact) mass is 359 g/mol. The maximum absolute atomic E-state index is 13.8. The number of H-pyrrole nitrogens is 1. The van der Waals surface area contributed by atoms with E-state index in [-0.39, 0.29) is 11.0 Å². The highest BCUT2D eigenvalue weighted by Crippen LogP contribution is 2.43. The van der Waals surface area contributed by atoms with Gasteiger partial charge in [-0.1, -0.05) is 6.92 Å². The molecular weight excluding hydrogens is 337 g/mol. The summed E-state index contributed by atoms with van der Waals surface area (Å²) in [5.41, 5.74) is 12.8. The quantitative estimate of drug-likeness (QED) is 0.760. The van der Waals surface area contributed by atoms with E-state index in [0.29, 0.717) is 22.9 Å². The lowest BCUT2D eigenvalue weighted by Crippen LogP contribution is -2.48. The minimum absolute atomic E-state index is 0.0590. The Bertz CT molecular complexity index is 904. The summed E-state index contributed by atoms with van der Waals surface area (Å²) in [6.07, 6.45) is 2.49. The molecule has 0 bridgehead atoms. The van der Waals surface area contributed by atoms with E-state index >= 15 is 0 Å². The number of carbonyl (C=O) groups is 1. The van der Waals surface area contributed by atoms with Crippen molar-refractivity contribution in [3.05, 3.63) is 35.5 Å². The van der Waals surface area contributed by atoms with Crippen molar-refractivity contribution in [2.24, 2.45) is 16.9 Å². The van der Waals surface area contributed by atoms with Crippen LogP contribution in [0.3, 0.4) is 0 Å². The Morgan fingerprint density at radius 3 is 2.88 bits per heavy atom. The molecule has 1 aromatic carbocycles. The van der Waals surface area contributed by atoms with Crippen LogP contribution in [-0.2, 0) is 4.74 Å². The maximum Gasteiger partial charge on any atom is 0.251 e. The zero-order valence-electron chi connectivity index (χ0n) is 14.6. The highest BCUT2D eigenvalue weighted by molar-refractivity contribution is 6.04. The lowest BCUT2D eigenvalue weighted by molar-refractivity contribution is -0.0587. The molecule has 8 heteroatoms. The standard InChI is InChI=1S/C18H22FN5O2/c1-18(2-3-24(9-18)11-7-26-8-11)13(6-20)17-22-14-5-10(19)4-12(16(21)25)15(14)23-17/h4-6,11H,2-3,7-9,20H2,1H3,(H2,21,25)(H,22,23). The largest absolute Gasteiger partial charge is 0.404 e. The molecule has 7 nitrogen and oxygen atoms in total. The van der Waals surface area contributed by atoms with Gasteiger partial charge in [0.1, 0.15) is 17.2 Å². The van der Waals surface area contributed by atoms with E-state index in [2.05, 4.69) is 21.8 Å². The van der Waals surface area contributed by atoms with Gasteiger partial charge < -0.3 is 21.2 Å². The summed E-state index contributed by atoms with van der Waals surface area (Å²) in [4.78, 5) is 21.7. The number of nitrogens with zero attached hydrogens (tertiary/aromatic N) is 2. The Morgan fingerprint density at radius 2 is 2.27 bits per heavy atom. The number of aromatic amines is 1. The number of hydrogen-bond donors (Lipinski definition) is 3. The summed E-state index contributed by atoms with van der Waals surface area (Å²) in [5.74, 6) is -0.707. The van der Waals surface area contributed by atoms with Crippen LogP contribution in [0, 0.1) is 11.2 Å². The van der Waals surface area contributed by atoms with Gasteiger partial charge in [0.25, 0.3) is 5.91 Å². The molecule has 2 aromatic rings. The van der Waals surface area contributed by atoms with E-state index in [1.807, 2.05) is 0 Å². The highest BCUT2D eigenvalue weighted by Gasteiger charge is 2.42. The maximum atomic E-state index is 13.8. The Balaban J connectivity index is 1.71. The van der Waals surface area contributed by atoms with Crippen LogP contribution in [0.25, 0.3) is 16.6 Å². The van der Waals surface area contributed by atoms with Crippen LogP contribution >= 0.6 is 0 Å². The first-order valence-corrected chi connectivity index (χ1v) is 8.65. The molecule has 2 fully saturated rings. The number of amides is 1. The van der Waals surface area contributed by atoms with Crippen molar-refractivity contribution in [1.82, 2.24) is 14.9 Å². The molecule has 0 spiro atoms. The van der Waals surface area contributed by atoms with Gasteiger partial charge in [0.15, 0.2) is 0 Å². The normalized spacial score (nSPS) is 24.9. The zero-order chi connectivity index (χ0) is 18.5. The van der Waals surface area contributed by atoms with Crippen LogP contribution in [0.4, 0.5) is 4.39 Å². The highest BCUT2D eigenvalue weighted by atomic mass is 19.1. The summed E-state index contributed by atoms with van der Waals surface area (Å²) >= 11 is 0. The van der Waals surface area contributed by atoms with Gasteiger partial charge in [0.2, 0.25) is 0 Å². The van der Waals surface area contributed by atoms with Crippen LogP contribution in [0.15, 0.2) is 18.3 Å². The minimum Gasteiger partial charge on any atom is -0.404 e.